The van der Waals surface area contributed by atoms with Crippen molar-refractivity contribution in [3.8, 4) is 5.75 Å². The Morgan fingerprint density at radius 2 is 1.70 bits per heavy atom. The minimum Gasteiger partial charge on any atom is -0.489 e. The number of nitrogens with zero attached hydrogens (tertiary/aromatic N) is 4. The fraction of sp³-hybridized carbons (Fsp3) is 0.304. The smallest absolute Gasteiger partial charge is 0.253 e. The summed E-state index contributed by atoms with van der Waals surface area (Å²) in [5.74, 6) is 0.852. The molecule has 3 aromatic rings. The first-order chi connectivity index (χ1) is 14.6. The molecular formula is C23H25ClN4O2. The zero-order chi connectivity index (χ0) is 20.9. The molecule has 0 bridgehead atoms. The molecule has 1 aliphatic heterocycles. The molecule has 156 valence electrons. The number of amides is 1. The quantitative estimate of drug-likeness (QED) is 0.606. The average molecular weight is 425 g/mol. The lowest BCUT2D eigenvalue weighted by molar-refractivity contribution is 0.0628. The van der Waals surface area contributed by atoms with E-state index >= 15 is 0 Å². The lowest BCUT2D eigenvalue weighted by Crippen LogP contribution is -2.48. The number of ether oxygens (including phenoxy) is 1. The van der Waals surface area contributed by atoms with Crippen molar-refractivity contribution in [2.75, 3.05) is 26.2 Å². The molecule has 1 amide bonds. The number of aromatic nitrogens is 2. The van der Waals surface area contributed by atoms with Gasteiger partial charge in [0.1, 0.15) is 12.4 Å². The van der Waals surface area contributed by atoms with E-state index in [9.17, 15) is 4.79 Å². The zero-order valence-electron chi connectivity index (χ0n) is 17.0. The highest BCUT2D eigenvalue weighted by Gasteiger charge is 2.22. The van der Waals surface area contributed by atoms with E-state index in [1.54, 1.807) is 12.1 Å². The molecule has 1 aliphatic rings. The molecule has 1 aromatic heterocycles. The number of piperazine rings is 1. The van der Waals surface area contributed by atoms with E-state index < -0.39 is 0 Å². The third-order valence-corrected chi connectivity index (χ3v) is 5.50. The van der Waals surface area contributed by atoms with Gasteiger partial charge in [-0.1, -0.05) is 23.7 Å². The van der Waals surface area contributed by atoms with E-state index in [1.165, 1.54) is 5.56 Å². The van der Waals surface area contributed by atoms with Crippen LogP contribution in [0, 0.1) is 0 Å². The highest BCUT2D eigenvalue weighted by molar-refractivity contribution is 6.30. The van der Waals surface area contributed by atoms with Crippen LogP contribution in [0.3, 0.4) is 0 Å². The maximum absolute atomic E-state index is 12.8. The maximum atomic E-state index is 12.8. The summed E-state index contributed by atoms with van der Waals surface area (Å²) in [5.41, 5.74) is 2.93. The minimum atomic E-state index is 0.0844. The van der Waals surface area contributed by atoms with Crippen molar-refractivity contribution >= 4 is 17.5 Å². The van der Waals surface area contributed by atoms with E-state index in [4.69, 9.17) is 16.3 Å². The van der Waals surface area contributed by atoms with Crippen LogP contribution >= 0.6 is 11.6 Å². The number of hydrogen-bond acceptors (Lipinski definition) is 4. The Bertz CT molecular complexity index is 977. The van der Waals surface area contributed by atoms with Crippen LogP contribution in [-0.4, -0.2) is 51.7 Å². The Morgan fingerprint density at radius 1 is 1.00 bits per heavy atom. The summed E-state index contributed by atoms with van der Waals surface area (Å²) in [5, 5.41) is 4.90. The molecule has 7 heteroatoms. The van der Waals surface area contributed by atoms with E-state index in [0.717, 1.165) is 44.0 Å². The van der Waals surface area contributed by atoms with Crippen LogP contribution in [0.15, 0.2) is 60.9 Å². The molecule has 0 N–H and O–H groups in total. The fourth-order valence-corrected chi connectivity index (χ4v) is 3.67. The Kier molecular flexibility index (Phi) is 6.35. The molecule has 0 atom stereocenters. The molecule has 2 aromatic carbocycles. The van der Waals surface area contributed by atoms with Gasteiger partial charge in [-0.25, -0.2) is 0 Å². The van der Waals surface area contributed by atoms with E-state index in [0.29, 0.717) is 17.2 Å². The second-order valence-electron chi connectivity index (χ2n) is 7.53. The Hall–Kier alpha value is -2.83. The molecule has 1 fully saturated rings. The van der Waals surface area contributed by atoms with Crippen LogP contribution in [0.4, 0.5) is 0 Å². The van der Waals surface area contributed by atoms with Crippen molar-refractivity contribution in [2.45, 2.75) is 13.2 Å². The molecule has 0 aliphatic carbocycles. The Balaban J connectivity index is 1.27. The first-order valence-corrected chi connectivity index (χ1v) is 10.4. The third-order valence-electron chi connectivity index (χ3n) is 5.24. The van der Waals surface area contributed by atoms with Gasteiger partial charge < -0.3 is 9.64 Å². The van der Waals surface area contributed by atoms with Crippen molar-refractivity contribution in [2.24, 2.45) is 7.05 Å². The maximum Gasteiger partial charge on any atom is 0.253 e. The molecule has 30 heavy (non-hydrogen) atoms. The van der Waals surface area contributed by atoms with Crippen LogP contribution < -0.4 is 4.74 Å². The molecule has 6 nitrogen and oxygen atoms in total. The van der Waals surface area contributed by atoms with Gasteiger partial charge >= 0.3 is 0 Å². The van der Waals surface area contributed by atoms with Crippen molar-refractivity contribution in [1.82, 2.24) is 19.6 Å². The molecule has 4 rings (SSSR count). The van der Waals surface area contributed by atoms with Gasteiger partial charge in [0.05, 0.1) is 6.20 Å². The normalized spacial score (nSPS) is 14.7. The number of halogens is 1. The lowest BCUT2D eigenvalue weighted by Gasteiger charge is -2.34. The van der Waals surface area contributed by atoms with Crippen LogP contribution in [0.1, 0.15) is 21.5 Å². The van der Waals surface area contributed by atoms with Crippen molar-refractivity contribution < 1.29 is 9.53 Å². The summed E-state index contributed by atoms with van der Waals surface area (Å²) in [6, 6.07) is 14.9. The van der Waals surface area contributed by atoms with E-state index in [-0.39, 0.29) is 5.91 Å². The number of carbonyl (C=O) groups is 1. The highest BCUT2D eigenvalue weighted by Crippen LogP contribution is 2.18. The van der Waals surface area contributed by atoms with Gasteiger partial charge in [-0.15, -0.1) is 0 Å². The SMILES string of the molecule is Cn1cc(CN2CCN(C(=O)c3ccc(COc4ccc(Cl)cc4)cc3)CC2)cn1. The van der Waals surface area contributed by atoms with Crippen LogP contribution in [0.5, 0.6) is 5.75 Å². The van der Waals surface area contributed by atoms with Crippen molar-refractivity contribution in [1.29, 1.82) is 0 Å². The van der Waals surface area contributed by atoms with Gasteiger partial charge in [0.2, 0.25) is 0 Å². The monoisotopic (exact) mass is 424 g/mol. The van der Waals surface area contributed by atoms with Gasteiger partial charge in [0.25, 0.3) is 5.91 Å². The largest absolute Gasteiger partial charge is 0.489 e. The fourth-order valence-electron chi connectivity index (χ4n) is 3.54. The van der Waals surface area contributed by atoms with Crippen LogP contribution in [0.2, 0.25) is 5.02 Å². The van der Waals surface area contributed by atoms with E-state index in [2.05, 4.69) is 10.00 Å². The number of hydrogen-bond donors (Lipinski definition) is 0. The number of carbonyl (C=O) groups excluding carboxylic acids is 1. The topological polar surface area (TPSA) is 50.6 Å². The van der Waals surface area contributed by atoms with Crippen LogP contribution in [0.25, 0.3) is 0 Å². The van der Waals surface area contributed by atoms with Crippen molar-refractivity contribution in [3.63, 3.8) is 0 Å². The van der Waals surface area contributed by atoms with E-state index in [1.807, 2.05) is 65.4 Å². The number of rotatable bonds is 6. The molecule has 1 saturated heterocycles. The summed E-state index contributed by atoms with van der Waals surface area (Å²) in [6.45, 7) is 4.53. The molecule has 2 heterocycles. The van der Waals surface area contributed by atoms with Gasteiger partial charge in [0, 0.05) is 62.1 Å². The lowest BCUT2D eigenvalue weighted by atomic mass is 10.1. The summed E-state index contributed by atoms with van der Waals surface area (Å²) < 4.78 is 7.58. The Labute approximate surface area is 181 Å². The summed E-state index contributed by atoms with van der Waals surface area (Å²) >= 11 is 5.89. The second-order valence-corrected chi connectivity index (χ2v) is 7.97. The van der Waals surface area contributed by atoms with Crippen LogP contribution in [-0.2, 0) is 20.2 Å². The van der Waals surface area contributed by atoms with Gasteiger partial charge in [-0.2, -0.15) is 5.10 Å². The van der Waals surface area contributed by atoms with Gasteiger partial charge in [-0.3, -0.25) is 14.4 Å². The third kappa shape index (κ3) is 5.20. The molecule has 0 unspecified atom stereocenters. The predicted octanol–water partition coefficient (Wildman–Crippen LogP) is 3.61. The summed E-state index contributed by atoms with van der Waals surface area (Å²) in [6.07, 6.45) is 3.94. The molecule has 0 spiro atoms. The van der Waals surface area contributed by atoms with Gasteiger partial charge in [-0.05, 0) is 42.0 Å². The van der Waals surface area contributed by atoms with Crippen molar-refractivity contribution in [3.05, 3.63) is 82.6 Å². The first-order valence-electron chi connectivity index (χ1n) is 10.0. The second kappa shape index (κ2) is 9.32. The number of benzene rings is 2. The zero-order valence-corrected chi connectivity index (χ0v) is 17.8. The molecular weight excluding hydrogens is 400 g/mol. The molecule has 0 saturated carbocycles. The molecule has 0 radical (unpaired) electrons. The summed E-state index contributed by atoms with van der Waals surface area (Å²) in [7, 11) is 1.93. The number of aryl methyl sites for hydroxylation is 1. The highest BCUT2D eigenvalue weighted by atomic mass is 35.5. The van der Waals surface area contributed by atoms with Gasteiger partial charge in [0.15, 0.2) is 0 Å². The standard InChI is InChI=1S/C23H25ClN4O2/c1-26-15-19(14-25-26)16-27-10-12-28(13-11-27)23(29)20-4-2-18(3-5-20)17-30-22-8-6-21(24)7-9-22/h2-9,14-15H,10-13,16-17H2,1H3. The Morgan fingerprint density at radius 3 is 2.33 bits per heavy atom. The minimum absolute atomic E-state index is 0.0844. The predicted molar refractivity (Wildman–Crippen MR) is 117 cm³/mol. The average Bonchev–Trinajstić information content (AvgIpc) is 3.18. The summed E-state index contributed by atoms with van der Waals surface area (Å²) in [4.78, 5) is 17.1. The first kappa shape index (κ1) is 20.4.